The highest BCUT2D eigenvalue weighted by atomic mass is 31.2. The van der Waals surface area contributed by atoms with E-state index in [9.17, 15) is 18.9 Å². The standard InChI is InChI=1S/C25H40N5O9P.CH4/c1-19(31)9-12-37-14-15-38-13-10-27-25(33)22(18-39-40(34,35)36)28-24(32)8-11-30-21(17-29(3)26-2)16-20-6-4-5-7-23(20)30;/h4-7,16,22,26H,8-15,17-18H2,1-3H3,(H,27,33)(H,28,32)(H2,34,35,36);1H4/t22-;/m0./s1. The first-order valence-corrected chi connectivity index (χ1v) is 14.4. The number of carbonyl (C=O) groups excluding carboxylic acids is 3. The van der Waals surface area contributed by atoms with Gasteiger partial charge in [-0.25, -0.2) is 9.57 Å². The minimum absolute atomic E-state index is 0. The summed E-state index contributed by atoms with van der Waals surface area (Å²) in [5.41, 5.74) is 4.98. The number of hydrogen-bond donors (Lipinski definition) is 5. The molecule has 2 amide bonds. The Morgan fingerprint density at radius 1 is 1.07 bits per heavy atom. The Labute approximate surface area is 240 Å². The van der Waals surface area contributed by atoms with Gasteiger partial charge in [-0.2, -0.15) is 0 Å². The molecule has 0 fully saturated rings. The summed E-state index contributed by atoms with van der Waals surface area (Å²) in [4.78, 5) is 54.5. The van der Waals surface area contributed by atoms with Crippen molar-refractivity contribution in [3.8, 4) is 0 Å². The zero-order valence-electron chi connectivity index (χ0n) is 23.1. The molecule has 5 N–H and O–H groups in total. The predicted molar refractivity (Wildman–Crippen MR) is 154 cm³/mol. The van der Waals surface area contributed by atoms with Crippen LogP contribution in [0.5, 0.6) is 0 Å². The first kappa shape index (κ1) is 36.3. The number of phosphoric ester groups is 1. The van der Waals surface area contributed by atoms with Gasteiger partial charge in [-0.1, -0.05) is 25.6 Å². The summed E-state index contributed by atoms with van der Waals surface area (Å²) in [5, 5.41) is 8.00. The molecule has 0 unspecified atom stereocenters. The number of carbonyl (C=O) groups is 3. The van der Waals surface area contributed by atoms with Gasteiger partial charge in [0.15, 0.2) is 0 Å². The van der Waals surface area contributed by atoms with Gasteiger partial charge >= 0.3 is 7.82 Å². The Kier molecular flexibility index (Phi) is 16.6. The average molecular weight is 602 g/mol. The van der Waals surface area contributed by atoms with Gasteiger partial charge in [0.05, 0.1) is 39.6 Å². The molecule has 0 aliphatic heterocycles. The first-order valence-electron chi connectivity index (χ1n) is 12.9. The lowest BCUT2D eigenvalue weighted by Gasteiger charge is -2.20. The number of phosphoric acid groups is 1. The third-order valence-corrected chi connectivity index (χ3v) is 6.30. The van der Waals surface area contributed by atoms with Gasteiger partial charge in [0.1, 0.15) is 11.8 Å². The number of ketones is 1. The van der Waals surface area contributed by atoms with Gasteiger partial charge in [-0.05, 0) is 31.5 Å². The fraction of sp³-hybridized carbons (Fsp3) is 0.577. The molecule has 232 valence electrons. The molecule has 41 heavy (non-hydrogen) atoms. The Hall–Kier alpha value is -2.68. The summed E-state index contributed by atoms with van der Waals surface area (Å²) in [7, 11) is -1.16. The van der Waals surface area contributed by atoms with Gasteiger partial charge in [-0.15, -0.1) is 0 Å². The summed E-state index contributed by atoms with van der Waals surface area (Å²) >= 11 is 0. The number of ether oxygens (including phenoxy) is 2. The molecular formula is C26H44N5O9P. The highest BCUT2D eigenvalue weighted by molar-refractivity contribution is 7.46. The van der Waals surface area contributed by atoms with Crippen LogP contribution in [-0.2, 0) is 46.0 Å². The van der Waals surface area contributed by atoms with Gasteiger partial charge in [0, 0.05) is 44.2 Å². The number of aromatic nitrogens is 1. The molecule has 0 aliphatic carbocycles. The van der Waals surface area contributed by atoms with E-state index in [0.717, 1.165) is 16.6 Å². The number of fused-ring (bicyclic) bond motifs is 1. The Balaban J connectivity index is 0.00000840. The van der Waals surface area contributed by atoms with Crippen molar-refractivity contribution in [3.05, 3.63) is 36.0 Å². The zero-order valence-corrected chi connectivity index (χ0v) is 24.0. The molecule has 15 heteroatoms. The lowest BCUT2D eigenvalue weighted by Crippen LogP contribution is -2.50. The Morgan fingerprint density at radius 2 is 1.76 bits per heavy atom. The quantitative estimate of drug-likeness (QED) is 0.0829. The number of hydrazine groups is 1. The zero-order chi connectivity index (χ0) is 29.5. The highest BCUT2D eigenvalue weighted by Crippen LogP contribution is 2.35. The minimum Gasteiger partial charge on any atom is -0.379 e. The molecule has 0 saturated heterocycles. The second kappa shape index (κ2) is 18.7. The second-order valence-corrected chi connectivity index (χ2v) is 10.3. The van der Waals surface area contributed by atoms with Crippen molar-refractivity contribution in [2.45, 2.75) is 46.3 Å². The van der Waals surface area contributed by atoms with Crippen LogP contribution >= 0.6 is 7.82 Å². The van der Waals surface area contributed by atoms with Crippen LogP contribution in [0.3, 0.4) is 0 Å². The molecule has 0 spiro atoms. The summed E-state index contributed by atoms with van der Waals surface area (Å²) in [5.74, 6) is -1.13. The van der Waals surface area contributed by atoms with Crippen molar-refractivity contribution < 1.29 is 42.7 Å². The number of hydrogen-bond acceptors (Lipinski definition) is 9. The second-order valence-electron chi connectivity index (χ2n) is 9.05. The number of nitrogens with zero attached hydrogens (tertiary/aromatic N) is 2. The van der Waals surface area contributed by atoms with Crippen LogP contribution in [0.1, 0.15) is 32.9 Å². The fourth-order valence-corrected chi connectivity index (χ4v) is 4.07. The molecule has 2 aromatic rings. The summed E-state index contributed by atoms with van der Waals surface area (Å²) in [6, 6.07) is 8.51. The van der Waals surface area contributed by atoms with Crippen LogP contribution < -0.4 is 16.1 Å². The molecule has 2 rings (SSSR count). The Morgan fingerprint density at radius 3 is 2.41 bits per heavy atom. The van der Waals surface area contributed by atoms with Crippen molar-refractivity contribution in [2.24, 2.45) is 0 Å². The fourth-order valence-electron chi connectivity index (χ4n) is 3.73. The first-order chi connectivity index (χ1) is 19.0. The van der Waals surface area contributed by atoms with Crippen LogP contribution in [0.25, 0.3) is 10.9 Å². The highest BCUT2D eigenvalue weighted by Gasteiger charge is 2.25. The van der Waals surface area contributed by atoms with Crippen molar-refractivity contribution in [1.29, 1.82) is 0 Å². The van der Waals surface area contributed by atoms with E-state index in [-0.39, 0.29) is 39.4 Å². The van der Waals surface area contributed by atoms with E-state index in [1.165, 1.54) is 6.92 Å². The Bertz CT molecular complexity index is 1150. The average Bonchev–Trinajstić information content (AvgIpc) is 3.24. The molecule has 0 radical (unpaired) electrons. The minimum atomic E-state index is -4.87. The monoisotopic (exact) mass is 601 g/mol. The molecule has 1 aromatic carbocycles. The van der Waals surface area contributed by atoms with Gasteiger partial charge in [-0.3, -0.25) is 24.3 Å². The lowest BCUT2D eigenvalue weighted by atomic mass is 10.2. The maximum Gasteiger partial charge on any atom is 0.469 e. The van der Waals surface area contributed by atoms with Crippen LogP contribution in [-0.4, -0.2) is 96.7 Å². The van der Waals surface area contributed by atoms with Crippen molar-refractivity contribution in [3.63, 3.8) is 0 Å². The molecule has 0 aliphatic rings. The van der Waals surface area contributed by atoms with E-state index in [1.54, 1.807) is 0 Å². The molecule has 0 bridgehead atoms. The topological polar surface area (TPSA) is 181 Å². The molecule has 14 nitrogen and oxygen atoms in total. The number of aryl methyl sites for hydroxylation is 1. The number of Topliss-reactive ketones (excluding diaryl/α,β-unsaturated/α-hetero) is 1. The number of benzene rings is 1. The summed E-state index contributed by atoms with van der Waals surface area (Å²) in [6.07, 6.45) is 0.345. The van der Waals surface area contributed by atoms with Crippen molar-refractivity contribution >= 4 is 36.3 Å². The van der Waals surface area contributed by atoms with Crippen LogP contribution in [0.15, 0.2) is 30.3 Å². The maximum absolute atomic E-state index is 12.8. The lowest BCUT2D eigenvalue weighted by molar-refractivity contribution is -0.130. The largest absolute Gasteiger partial charge is 0.469 e. The van der Waals surface area contributed by atoms with E-state index in [4.69, 9.17) is 19.3 Å². The van der Waals surface area contributed by atoms with Crippen LogP contribution in [0.4, 0.5) is 0 Å². The normalized spacial score (nSPS) is 12.2. The molecule has 1 heterocycles. The molecule has 1 aromatic heterocycles. The molecular weight excluding hydrogens is 557 g/mol. The van der Waals surface area contributed by atoms with E-state index in [1.807, 2.05) is 54.0 Å². The van der Waals surface area contributed by atoms with Crippen LogP contribution in [0.2, 0.25) is 0 Å². The summed E-state index contributed by atoms with van der Waals surface area (Å²) < 4.78 is 28.3. The van der Waals surface area contributed by atoms with E-state index in [2.05, 4.69) is 20.6 Å². The van der Waals surface area contributed by atoms with Crippen molar-refractivity contribution in [1.82, 2.24) is 25.6 Å². The number of nitrogens with one attached hydrogen (secondary N) is 3. The smallest absolute Gasteiger partial charge is 0.379 e. The molecule has 1 atom stereocenters. The van der Waals surface area contributed by atoms with E-state index >= 15 is 0 Å². The number of rotatable bonds is 20. The summed E-state index contributed by atoms with van der Waals surface area (Å²) in [6.45, 7) is 2.77. The number of amides is 2. The third-order valence-electron chi connectivity index (χ3n) is 5.82. The maximum atomic E-state index is 12.8. The van der Waals surface area contributed by atoms with Gasteiger partial charge in [0.25, 0.3) is 0 Å². The third kappa shape index (κ3) is 14.2. The van der Waals surface area contributed by atoms with Gasteiger partial charge in [0.2, 0.25) is 11.8 Å². The van der Waals surface area contributed by atoms with Crippen LogP contribution in [0, 0.1) is 0 Å². The predicted octanol–water partition coefficient (Wildman–Crippen LogP) is 0.956. The van der Waals surface area contributed by atoms with Gasteiger partial charge < -0.3 is 34.5 Å². The van der Waals surface area contributed by atoms with E-state index in [0.29, 0.717) is 32.7 Å². The number of para-hydroxylation sites is 1. The van der Waals surface area contributed by atoms with E-state index < -0.39 is 32.3 Å². The van der Waals surface area contributed by atoms with Crippen molar-refractivity contribution in [2.75, 3.05) is 53.7 Å². The molecule has 0 saturated carbocycles. The SMILES string of the molecule is C.CNN(C)Cc1cc2ccccc2n1CCC(=O)N[C@@H](COP(=O)(O)O)C(=O)NCCOCCOCCC(C)=O.